The van der Waals surface area contributed by atoms with Gasteiger partial charge >= 0.3 is 12.1 Å². The van der Waals surface area contributed by atoms with Crippen molar-refractivity contribution >= 4 is 17.4 Å². The third kappa shape index (κ3) is 4.07. The van der Waals surface area contributed by atoms with E-state index < -0.39 is 12.1 Å². The number of likely N-dealkylation sites (N-methyl/N-ethyl adjacent to an activating group) is 1. The van der Waals surface area contributed by atoms with Crippen LogP contribution >= 0.6 is 0 Å². The van der Waals surface area contributed by atoms with Crippen LogP contribution in [-0.4, -0.2) is 54.7 Å². The standard InChI is InChI=1S/C13H17F3N4O/c1-2-19-5-7-20(8-6-19)11-4-3-10(9-17-11)18-12(21)13(14,15)16/h3-4,9H,2,5-8H2,1H3,(H,18,21). The van der Waals surface area contributed by atoms with Gasteiger partial charge in [0, 0.05) is 26.2 Å². The topological polar surface area (TPSA) is 48.5 Å². The number of amides is 1. The van der Waals surface area contributed by atoms with Gasteiger partial charge in [0.05, 0.1) is 11.9 Å². The molecule has 21 heavy (non-hydrogen) atoms. The zero-order chi connectivity index (χ0) is 15.5. The summed E-state index contributed by atoms with van der Waals surface area (Å²) in [5.41, 5.74) is 0.0354. The molecule has 1 N–H and O–H groups in total. The summed E-state index contributed by atoms with van der Waals surface area (Å²) < 4.78 is 36.4. The van der Waals surface area contributed by atoms with Crippen molar-refractivity contribution in [3.8, 4) is 0 Å². The molecule has 5 nitrogen and oxygen atoms in total. The van der Waals surface area contributed by atoms with Crippen LogP contribution < -0.4 is 10.2 Å². The number of anilines is 2. The lowest BCUT2D eigenvalue weighted by molar-refractivity contribution is -0.167. The van der Waals surface area contributed by atoms with Gasteiger partial charge in [0.1, 0.15) is 5.82 Å². The Balaban J connectivity index is 1.95. The van der Waals surface area contributed by atoms with Gasteiger partial charge in [-0.25, -0.2) is 4.98 Å². The number of nitrogens with zero attached hydrogens (tertiary/aromatic N) is 3. The van der Waals surface area contributed by atoms with Gasteiger partial charge in [0.2, 0.25) is 0 Å². The van der Waals surface area contributed by atoms with Crippen molar-refractivity contribution in [1.29, 1.82) is 0 Å². The molecule has 1 aromatic rings. The Morgan fingerprint density at radius 3 is 2.43 bits per heavy atom. The smallest absolute Gasteiger partial charge is 0.354 e. The van der Waals surface area contributed by atoms with E-state index in [1.165, 1.54) is 12.3 Å². The van der Waals surface area contributed by atoms with Crippen LogP contribution in [0.1, 0.15) is 6.92 Å². The summed E-state index contributed by atoms with van der Waals surface area (Å²) >= 11 is 0. The van der Waals surface area contributed by atoms with Crippen LogP contribution in [0.5, 0.6) is 0 Å². The van der Waals surface area contributed by atoms with Gasteiger partial charge in [-0.05, 0) is 18.7 Å². The molecule has 0 bridgehead atoms. The summed E-state index contributed by atoms with van der Waals surface area (Å²) in [6.07, 6.45) is -3.65. The van der Waals surface area contributed by atoms with Crippen molar-refractivity contribution in [2.24, 2.45) is 0 Å². The van der Waals surface area contributed by atoms with Gasteiger partial charge in [-0.3, -0.25) is 4.79 Å². The first-order valence-electron chi connectivity index (χ1n) is 6.71. The van der Waals surface area contributed by atoms with Gasteiger partial charge in [-0.15, -0.1) is 0 Å². The minimum Gasteiger partial charge on any atom is -0.354 e. The van der Waals surface area contributed by atoms with Crippen molar-refractivity contribution in [3.63, 3.8) is 0 Å². The lowest BCUT2D eigenvalue weighted by Crippen LogP contribution is -2.46. The second kappa shape index (κ2) is 6.30. The molecule has 0 aromatic carbocycles. The molecule has 1 amide bonds. The van der Waals surface area contributed by atoms with Gasteiger partial charge in [0.15, 0.2) is 0 Å². The first kappa shape index (κ1) is 15.6. The molecule has 0 aliphatic carbocycles. The van der Waals surface area contributed by atoms with E-state index in [9.17, 15) is 18.0 Å². The lowest BCUT2D eigenvalue weighted by Gasteiger charge is -2.34. The molecule has 1 saturated heterocycles. The average Bonchev–Trinajstić information content (AvgIpc) is 2.47. The third-order valence-corrected chi connectivity index (χ3v) is 3.41. The molecule has 1 aromatic heterocycles. The molecule has 0 saturated carbocycles. The molecular weight excluding hydrogens is 285 g/mol. The van der Waals surface area contributed by atoms with Crippen LogP contribution in [0.4, 0.5) is 24.7 Å². The summed E-state index contributed by atoms with van der Waals surface area (Å²) in [4.78, 5) is 19.3. The number of nitrogens with one attached hydrogen (secondary N) is 1. The summed E-state index contributed by atoms with van der Waals surface area (Å²) in [6.45, 7) is 6.63. The van der Waals surface area contributed by atoms with Gasteiger partial charge in [0.25, 0.3) is 0 Å². The zero-order valence-corrected chi connectivity index (χ0v) is 11.7. The molecule has 0 unspecified atom stereocenters. The normalized spacial score (nSPS) is 16.9. The van der Waals surface area contributed by atoms with E-state index in [-0.39, 0.29) is 5.69 Å². The summed E-state index contributed by atoms with van der Waals surface area (Å²) in [7, 11) is 0. The van der Waals surface area contributed by atoms with Crippen molar-refractivity contribution in [3.05, 3.63) is 18.3 Å². The number of hydrogen-bond acceptors (Lipinski definition) is 4. The van der Waals surface area contributed by atoms with E-state index in [2.05, 4.69) is 21.7 Å². The van der Waals surface area contributed by atoms with Gasteiger partial charge in [-0.1, -0.05) is 6.92 Å². The van der Waals surface area contributed by atoms with Gasteiger partial charge in [-0.2, -0.15) is 13.2 Å². The number of carbonyl (C=O) groups is 1. The molecule has 0 spiro atoms. The van der Waals surface area contributed by atoms with E-state index in [0.29, 0.717) is 5.82 Å². The minimum atomic E-state index is -4.89. The Bertz CT molecular complexity index is 481. The molecule has 1 aliphatic heterocycles. The molecule has 1 aliphatic rings. The maximum atomic E-state index is 12.1. The maximum absolute atomic E-state index is 12.1. The van der Waals surface area contributed by atoms with Crippen LogP contribution in [-0.2, 0) is 4.79 Å². The number of carbonyl (C=O) groups excluding carboxylic acids is 1. The summed E-state index contributed by atoms with van der Waals surface area (Å²) in [5.74, 6) is -1.29. The molecule has 0 radical (unpaired) electrons. The quantitative estimate of drug-likeness (QED) is 0.924. The highest BCUT2D eigenvalue weighted by atomic mass is 19.4. The largest absolute Gasteiger partial charge is 0.471 e. The zero-order valence-electron chi connectivity index (χ0n) is 11.7. The van der Waals surface area contributed by atoms with Crippen LogP contribution in [0.2, 0.25) is 0 Å². The van der Waals surface area contributed by atoms with E-state index in [4.69, 9.17) is 0 Å². The van der Waals surface area contributed by atoms with Crippen molar-refractivity contribution in [2.45, 2.75) is 13.1 Å². The van der Waals surface area contributed by atoms with Crippen LogP contribution in [0.25, 0.3) is 0 Å². The number of pyridine rings is 1. The number of rotatable bonds is 3. The van der Waals surface area contributed by atoms with Crippen molar-refractivity contribution < 1.29 is 18.0 Å². The van der Waals surface area contributed by atoms with Crippen molar-refractivity contribution in [2.75, 3.05) is 42.9 Å². The van der Waals surface area contributed by atoms with E-state index in [1.807, 2.05) is 0 Å². The third-order valence-electron chi connectivity index (χ3n) is 3.41. The highest BCUT2D eigenvalue weighted by Crippen LogP contribution is 2.20. The first-order valence-corrected chi connectivity index (χ1v) is 6.71. The lowest BCUT2D eigenvalue weighted by atomic mass is 10.3. The Hall–Kier alpha value is -1.83. The Kier molecular flexibility index (Phi) is 4.66. The number of hydrogen-bond donors (Lipinski definition) is 1. The van der Waals surface area contributed by atoms with Crippen LogP contribution in [0.15, 0.2) is 18.3 Å². The van der Waals surface area contributed by atoms with E-state index in [1.54, 1.807) is 11.4 Å². The number of piperazine rings is 1. The molecule has 2 rings (SSSR count). The van der Waals surface area contributed by atoms with Gasteiger partial charge < -0.3 is 15.1 Å². The molecule has 8 heteroatoms. The Morgan fingerprint density at radius 1 is 1.29 bits per heavy atom. The fraction of sp³-hybridized carbons (Fsp3) is 0.538. The van der Waals surface area contributed by atoms with Crippen LogP contribution in [0, 0.1) is 0 Å². The second-order valence-corrected chi connectivity index (χ2v) is 4.78. The monoisotopic (exact) mass is 302 g/mol. The van der Waals surface area contributed by atoms with Crippen molar-refractivity contribution in [1.82, 2.24) is 9.88 Å². The highest BCUT2D eigenvalue weighted by Gasteiger charge is 2.38. The Labute approximate surface area is 120 Å². The maximum Gasteiger partial charge on any atom is 0.471 e. The fourth-order valence-electron chi connectivity index (χ4n) is 2.14. The second-order valence-electron chi connectivity index (χ2n) is 4.78. The molecule has 116 valence electrons. The fourth-order valence-corrected chi connectivity index (χ4v) is 2.14. The SMILES string of the molecule is CCN1CCN(c2ccc(NC(=O)C(F)(F)F)cn2)CC1. The number of halogens is 3. The number of alkyl halides is 3. The Morgan fingerprint density at radius 2 is 1.95 bits per heavy atom. The summed E-state index contributed by atoms with van der Waals surface area (Å²) in [6, 6.07) is 3.05. The minimum absolute atomic E-state index is 0.0354. The molecule has 0 atom stereocenters. The highest BCUT2D eigenvalue weighted by molar-refractivity contribution is 5.94. The van der Waals surface area contributed by atoms with Crippen LogP contribution in [0.3, 0.4) is 0 Å². The molecule has 1 fully saturated rings. The average molecular weight is 302 g/mol. The molecular formula is C13H17F3N4O. The first-order chi connectivity index (χ1) is 9.90. The number of aromatic nitrogens is 1. The predicted octanol–water partition coefficient (Wildman–Crippen LogP) is 1.72. The molecule has 2 heterocycles. The summed E-state index contributed by atoms with van der Waals surface area (Å²) in [5, 5.41) is 1.78. The van der Waals surface area contributed by atoms with E-state index >= 15 is 0 Å². The predicted molar refractivity (Wildman–Crippen MR) is 73.2 cm³/mol. The van der Waals surface area contributed by atoms with E-state index in [0.717, 1.165) is 32.7 Å².